The lowest BCUT2D eigenvalue weighted by Crippen LogP contribution is -2.35. The summed E-state index contributed by atoms with van der Waals surface area (Å²) in [4.78, 5) is 35.4. The Labute approximate surface area is 215 Å². The van der Waals surface area contributed by atoms with Gasteiger partial charge in [0, 0.05) is 30.3 Å². The minimum atomic E-state index is -0.322. The van der Waals surface area contributed by atoms with Crippen molar-refractivity contribution in [3.05, 3.63) is 78.0 Å². The lowest BCUT2D eigenvalue weighted by molar-refractivity contribution is -0.117. The third-order valence-corrected chi connectivity index (χ3v) is 6.70. The molecule has 2 aliphatic rings. The summed E-state index contributed by atoms with van der Waals surface area (Å²) in [7, 11) is 0. The second-order valence-electron chi connectivity index (χ2n) is 9.71. The molecule has 9 heteroatoms. The molecule has 0 atom stereocenters. The van der Waals surface area contributed by atoms with Crippen LogP contribution in [0.4, 0.5) is 15.9 Å². The molecule has 3 aromatic rings. The van der Waals surface area contributed by atoms with E-state index in [4.69, 9.17) is 4.74 Å². The van der Waals surface area contributed by atoms with Gasteiger partial charge in [-0.3, -0.25) is 19.5 Å². The average molecular weight is 504 g/mol. The Hall–Kier alpha value is -3.85. The van der Waals surface area contributed by atoms with Crippen molar-refractivity contribution in [1.29, 1.82) is 0 Å². The molecule has 192 valence electrons. The first-order valence-electron chi connectivity index (χ1n) is 12.6. The molecule has 37 heavy (non-hydrogen) atoms. The van der Waals surface area contributed by atoms with Crippen LogP contribution in [0.2, 0.25) is 0 Å². The zero-order chi connectivity index (χ0) is 25.6. The Bertz CT molecular complexity index is 1240. The van der Waals surface area contributed by atoms with Crippen LogP contribution in [0.25, 0.3) is 0 Å². The van der Waals surface area contributed by atoms with Crippen LogP contribution < -0.4 is 15.4 Å². The van der Waals surface area contributed by atoms with Gasteiger partial charge in [0.15, 0.2) is 0 Å². The van der Waals surface area contributed by atoms with Gasteiger partial charge >= 0.3 is 0 Å². The molecule has 1 saturated carbocycles. The number of carbonyl (C=O) groups is 2. The van der Waals surface area contributed by atoms with Gasteiger partial charge in [-0.25, -0.2) is 9.37 Å². The van der Waals surface area contributed by atoms with E-state index in [0.29, 0.717) is 35.3 Å². The number of hydrogen-bond acceptors (Lipinski definition) is 6. The van der Waals surface area contributed by atoms with E-state index in [0.717, 1.165) is 50.9 Å². The Morgan fingerprint density at radius 1 is 1.00 bits per heavy atom. The quantitative estimate of drug-likeness (QED) is 0.446. The Balaban J connectivity index is 1.09. The van der Waals surface area contributed by atoms with Crippen molar-refractivity contribution in [1.82, 2.24) is 14.9 Å². The fraction of sp³-hybridized carbons (Fsp3) is 0.357. The molecule has 1 aliphatic heterocycles. The predicted octanol–water partition coefficient (Wildman–Crippen LogP) is 4.51. The van der Waals surface area contributed by atoms with Crippen LogP contribution in [-0.2, 0) is 11.3 Å². The first-order valence-corrected chi connectivity index (χ1v) is 12.6. The minimum Gasteiger partial charge on any atom is -0.492 e. The molecule has 8 nitrogen and oxygen atoms in total. The van der Waals surface area contributed by atoms with E-state index in [2.05, 4.69) is 25.5 Å². The molecule has 2 aromatic heterocycles. The highest BCUT2D eigenvalue weighted by molar-refractivity contribution is 6.05. The van der Waals surface area contributed by atoms with Crippen molar-refractivity contribution < 1.29 is 18.7 Å². The van der Waals surface area contributed by atoms with Gasteiger partial charge < -0.3 is 15.4 Å². The van der Waals surface area contributed by atoms with Gasteiger partial charge in [-0.2, -0.15) is 0 Å². The predicted molar refractivity (Wildman–Crippen MR) is 138 cm³/mol. The normalized spacial score (nSPS) is 16.2. The van der Waals surface area contributed by atoms with Crippen molar-refractivity contribution in [2.75, 3.05) is 30.3 Å². The van der Waals surface area contributed by atoms with Crippen LogP contribution in [0, 0.1) is 17.7 Å². The highest BCUT2D eigenvalue weighted by Crippen LogP contribution is 2.30. The van der Waals surface area contributed by atoms with Crippen LogP contribution >= 0.6 is 0 Å². The Kier molecular flexibility index (Phi) is 7.70. The van der Waals surface area contributed by atoms with Gasteiger partial charge in [-0.05, 0) is 74.5 Å². The van der Waals surface area contributed by atoms with Gasteiger partial charge in [0.2, 0.25) is 5.91 Å². The summed E-state index contributed by atoms with van der Waals surface area (Å²) in [5, 5.41) is 5.59. The van der Waals surface area contributed by atoms with Crippen LogP contribution in [0.3, 0.4) is 0 Å². The molecule has 1 aliphatic carbocycles. The fourth-order valence-electron chi connectivity index (χ4n) is 4.36. The molecule has 0 radical (unpaired) electrons. The number of piperidine rings is 1. The van der Waals surface area contributed by atoms with Gasteiger partial charge in [0.1, 0.15) is 17.4 Å². The highest BCUT2D eigenvalue weighted by atomic mass is 19.1. The SMILES string of the molecule is O=C(Nc1cncc(OCC2CCN(Cc3ccc(F)cc3)CC2)c1)c1ccnc(NC(=O)C2CC2)c1. The van der Waals surface area contributed by atoms with Crippen molar-refractivity contribution in [3.8, 4) is 5.75 Å². The number of halogens is 1. The number of ether oxygens (including phenoxy) is 1. The maximum absolute atomic E-state index is 13.1. The van der Waals surface area contributed by atoms with E-state index in [9.17, 15) is 14.0 Å². The monoisotopic (exact) mass is 503 g/mol. The molecular formula is C28H30FN5O3. The number of rotatable bonds is 9. The molecular weight excluding hydrogens is 473 g/mol. The number of anilines is 2. The minimum absolute atomic E-state index is 0.0575. The van der Waals surface area contributed by atoms with Crippen LogP contribution in [0.5, 0.6) is 5.75 Å². The van der Waals surface area contributed by atoms with Gasteiger partial charge in [-0.1, -0.05) is 12.1 Å². The average Bonchev–Trinajstić information content (AvgIpc) is 3.76. The van der Waals surface area contributed by atoms with E-state index in [1.807, 2.05) is 12.1 Å². The summed E-state index contributed by atoms with van der Waals surface area (Å²) >= 11 is 0. The number of carbonyl (C=O) groups excluding carboxylic acids is 2. The summed E-state index contributed by atoms with van der Waals surface area (Å²) in [5.74, 6) is 0.862. The third kappa shape index (κ3) is 7.10. The van der Waals surface area contributed by atoms with Crippen molar-refractivity contribution in [2.45, 2.75) is 32.2 Å². The molecule has 3 heterocycles. The number of pyridine rings is 2. The van der Waals surface area contributed by atoms with E-state index in [1.54, 1.807) is 30.6 Å². The Morgan fingerprint density at radius 3 is 2.54 bits per heavy atom. The topological polar surface area (TPSA) is 96.4 Å². The van der Waals surface area contributed by atoms with Crippen molar-refractivity contribution in [2.24, 2.45) is 11.8 Å². The maximum atomic E-state index is 13.1. The molecule has 0 spiro atoms. The molecule has 1 saturated heterocycles. The highest BCUT2D eigenvalue weighted by Gasteiger charge is 2.29. The summed E-state index contributed by atoms with van der Waals surface area (Å²) in [6.07, 6.45) is 8.54. The van der Waals surface area contributed by atoms with Crippen LogP contribution in [0.1, 0.15) is 41.6 Å². The first kappa shape index (κ1) is 24.8. The zero-order valence-corrected chi connectivity index (χ0v) is 20.5. The molecule has 2 N–H and O–H groups in total. The van der Waals surface area contributed by atoms with Crippen LogP contribution in [-0.4, -0.2) is 46.4 Å². The number of likely N-dealkylation sites (tertiary alicyclic amines) is 1. The summed E-state index contributed by atoms with van der Waals surface area (Å²) in [6.45, 7) is 3.34. The van der Waals surface area contributed by atoms with Gasteiger partial charge in [0.05, 0.1) is 24.7 Å². The Morgan fingerprint density at radius 2 is 1.78 bits per heavy atom. The van der Waals surface area contributed by atoms with Gasteiger partial charge in [0.25, 0.3) is 5.91 Å². The van der Waals surface area contributed by atoms with Gasteiger partial charge in [-0.15, -0.1) is 0 Å². The molecule has 5 rings (SSSR count). The standard InChI is InChI=1S/C28H30FN5O3/c29-23-5-1-19(2-6-23)17-34-11-8-20(9-12-34)18-37-25-14-24(15-30-16-25)32-28(36)22-7-10-31-26(13-22)33-27(35)21-3-4-21/h1-2,5-7,10,13-16,20-21H,3-4,8-9,11-12,17-18H2,(H,32,36)(H,31,33,35). The van der Waals surface area contributed by atoms with E-state index in [-0.39, 0.29) is 23.5 Å². The molecule has 0 bridgehead atoms. The van der Waals surface area contributed by atoms with E-state index in [1.165, 1.54) is 18.3 Å². The lowest BCUT2D eigenvalue weighted by atomic mass is 9.97. The number of nitrogens with one attached hydrogen (secondary N) is 2. The smallest absolute Gasteiger partial charge is 0.255 e. The summed E-state index contributed by atoms with van der Waals surface area (Å²) < 4.78 is 19.1. The molecule has 0 unspecified atom stereocenters. The third-order valence-electron chi connectivity index (χ3n) is 6.70. The maximum Gasteiger partial charge on any atom is 0.255 e. The molecule has 1 aromatic carbocycles. The number of amides is 2. The summed E-state index contributed by atoms with van der Waals surface area (Å²) in [5.41, 5.74) is 2.03. The fourth-order valence-corrected chi connectivity index (χ4v) is 4.36. The lowest BCUT2D eigenvalue weighted by Gasteiger charge is -2.31. The summed E-state index contributed by atoms with van der Waals surface area (Å²) in [6, 6.07) is 11.6. The van der Waals surface area contributed by atoms with E-state index < -0.39 is 0 Å². The first-order chi connectivity index (χ1) is 18.0. The molecule has 2 amide bonds. The molecule has 2 fully saturated rings. The van der Waals surface area contributed by atoms with Crippen LogP contribution in [0.15, 0.2) is 61.1 Å². The number of hydrogen-bond donors (Lipinski definition) is 2. The van der Waals surface area contributed by atoms with E-state index >= 15 is 0 Å². The number of aromatic nitrogens is 2. The largest absolute Gasteiger partial charge is 0.492 e. The zero-order valence-electron chi connectivity index (χ0n) is 20.5. The van der Waals surface area contributed by atoms with Crippen molar-refractivity contribution >= 4 is 23.3 Å². The second-order valence-corrected chi connectivity index (χ2v) is 9.71. The van der Waals surface area contributed by atoms with Crippen molar-refractivity contribution in [3.63, 3.8) is 0 Å². The number of benzene rings is 1. The second kappa shape index (κ2) is 11.5. The number of nitrogens with zero attached hydrogens (tertiary/aromatic N) is 3.